The van der Waals surface area contributed by atoms with E-state index in [9.17, 15) is 9.18 Å². The van der Waals surface area contributed by atoms with E-state index in [1.807, 2.05) is 6.92 Å². The molecule has 0 saturated carbocycles. The van der Waals surface area contributed by atoms with E-state index < -0.39 is 0 Å². The molecule has 19 heavy (non-hydrogen) atoms. The summed E-state index contributed by atoms with van der Waals surface area (Å²) in [6.45, 7) is 4.15. The minimum absolute atomic E-state index is 0.0484. The molecule has 0 aromatic heterocycles. The standard InChI is InChI=1S/C14H19FN2O2/c1-2-16-13-9-19-8-12(13)14(18)17-7-10-4-3-5-11(15)6-10/h3-6,12-13,16H,2,7-9H2,1H3,(H,17,18). The Balaban J connectivity index is 1.87. The quantitative estimate of drug-likeness (QED) is 0.838. The predicted octanol–water partition coefficient (Wildman–Crippen LogP) is 1.07. The second-order valence-electron chi connectivity index (χ2n) is 4.66. The van der Waals surface area contributed by atoms with Crippen LogP contribution in [0.2, 0.25) is 0 Å². The fraction of sp³-hybridized carbons (Fsp3) is 0.500. The minimum atomic E-state index is -0.290. The lowest BCUT2D eigenvalue weighted by Crippen LogP contribution is -2.43. The van der Waals surface area contributed by atoms with Gasteiger partial charge in [0, 0.05) is 12.6 Å². The van der Waals surface area contributed by atoms with Crippen LogP contribution < -0.4 is 10.6 Å². The number of likely N-dealkylation sites (N-methyl/N-ethyl adjacent to an activating group) is 1. The SMILES string of the molecule is CCNC1COCC1C(=O)NCc1cccc(F)c1. The molecule has 1 amide bonds. The van der Waals surface area contributed by atoms with Gasteiger partial charge in [-0.3, -0.25) is 4.79 Å². The number of hydrogen-bond donors (Lipinski definition) is 2. The van der Waals surface area contributed by atoms with Gasteiger partial charge in [0.15, 0.2) is 0 Å². The molecule has 1 fully saturated rings. The van der Waals surface area contributed by atoms with Crippen LogP contribution in [0.5, 0.6) is 0 Å². The first-order valence-corrected chi connectivity index (χ1v) is 6.54. The third-order valence-electron chi connectivity index (χ3n) is 3.24. The molecule has 1 aromatic rings. The zero-order chi connectivity index (χ0) is 13.7. The average molecular weight is 266 g/mol. The first-order chi connectivity index (χ1) is 9.20. The predicted molar refractivity (Wildman–Crippen MR) is 70.0 cm³/mol. The van der Waals surface area contributed by atoms with Crippen molar-refractivity contribution in [2.24, 2.45) is 5.92 Å². The molecule has 104 valence electrons. The Morgan fingerprint density at radius 2 is 2.32 bits per heavy atom. The summed E-state index contributed by atoms with van der Waals surface area (Å²) >= 11 is 0. The number of carbonyl (C=O) groups is 1. The van der Waals surface area contributed by atoms with Crippen LogP contribution in [0.25, 0.3) is 0 Å². The van der Waals surface area contributed by atoms with Gasteiger partial charge in [-0.1, -0.05) is 19.1 Å². The second kappa shape index (κ2) is 6.63. The van der Waals surface area contributed by atoms with Gasteiger partial charge in [0.1, 0.15) is 5.82 Å². The molecule has 0 radical (unpaired) electrons. The van der Waals surface area contributed by atoms with Gasteiger partial charge in [-0.05, 0) is 24.2 Å². The summed E-state index contributed by atoms with van der Waals surface area (Å²) in [6, 6.07) is 6.30. The van der Waals surface area contributed by atoms with E-state index in [2.05, 4.69) is 10.6 Å². The topological polar surface area (TPSA) is 50.4 Å². The van der Waals surface area contributed by atoms with Gasteiger partial charge < -0.3 is 15.4 Å². The molecule has 2 atom stereocenters. The summed E-state index contributed by atoms with van der Waals surface area (Å²) in [4.78, 5) is 12.1. The molecule has 0 bridgehead atoms. The Morgan fingerprint density at radius 1 is 1.47 bits per heavy atom. The van der Waals surface area contributed by atoms with Gasteiger partial charge in [-0.25, -0.2) is 4.39 Å². The number of ether oxygens (including phenoxy) is 1. The van der Waals surface area contributed by atoms with Crippen molar-refractivity contribution in [1.82, 2.24) is 10.6 Å². The number of rotatable bonds is 5. The Labute approximate surface area is 112 Å². The van der Waals surface area contributed by atoms with E-state index >= 15 is 0 Å². The minimum Gasteiger partial charge on any atom is -0.379 e. The first-order valence-electron chi connectivity index (χ1n) is 6.54. The highest BCUT2D eigenvalue weighted by Crippen LogP contribution is 2.14. The lowest BCUT2D eigenvalue weighted by atomic mass is 10.0. The van der Waals surface area contributed by atoms with E-state index in [1.54, 1.807) is 12.1 Å². The summed E-state index contributed by atoms with van der Waals surface area (Å²) in [5, 5.41) is 6.07. The summed E-state index contributed by atoms with van der Waals surface area (Å²) in [7, 11) is 0. The Hall–Kier alpha value is -1.46. The molecular formula is C14H19FN2O2. The average Bonchev–Trinajstić information content (AvgIpc) is 2.85. The van der Waals surface area contributed by atoms with Crippen LogP contribution in [-0.2, 0) is 16.1 Å². The van der Waals surface area contributed by atoms with Crippen LogP contribution in [0.3, 0.4) is 0 Å². The van der Waals surface area contributed by atoms with Gasteiger partial charge in [0.2, 0.25) is 5.91 Å². The van der Waals surface area contributed by atoms with E-state index in [-0.39, 0.29) is 23.7 Å². The van der Waals surface area contributed by atoms with E-state index in [0.29, 0.717) is 19.8 Å². The van der Waals surface area contributed by atoms with E-state index in [1.165, 1.54) is 12.1 Å². The molecule has 2 N–H and O–H groups in total. The lowest BCUT2D eigenvalue weighted by Gasteiger charge is -2.17. The van der Waals surface area contributed by atoms with Crippen molar-refractivity contribution < 1.29 is 13.9 Å². The molecule has 2 unspecified atom stereocenters. The van der Waals surface area contributed by atoms with Crippen LogP contribution in [0.1, 0.15) is 12.5 Å². The maximum Gasteiger partial charge on any atom is 0.227 e. The van der Waals surface area contributed by atoms with Crippen molar-refractivity contribution in [2.45, 2.75) is 19.5 Å². The van der Waals surface area contributed by atoms with Crippen LogP contribution in [0.15, 0.2) is 24.3 Å². The summed E-state index contributed by atoms with van der Waals surface area (Å²) < 4.78 is 18.3. The molecular weight excluding hydrogens is 247 g/mol. The van der Waals surface area contributed by atoms with Crippen molar-refractivity contribution in [3.05, 3.63) is 35.6 Å². The molecule has 0 aliphatic carbocycles. The molecule has 1 aliphatic rings. The first kappa shape index (κ1) is 14.0. The van der Waals surface area contributed by atoms with E-state index in [0.717, 1.165) is 12.1 Å². The molecule has 5 heteroatoms. The monoisotopic (exact) mass is 266 g/mol. The van der Waals surface area contributed by atoms with Crippen LogP contribution in [-0.4, -0.2) is 31.7 Å². The van der Waals surface area contributed by atoms with Crippen molar-refractivity contribution in [3.63, 3.8) is 0 Å². The Bertz CT molecular complexity index is 439. The Morgan fingerprint density at radius 3 is 3.05 bits per heavy atom. The Kier molecular flexibility index (Phi) is 4.87. The van der Waals surface area contributed by atoms with E-state index in [4.69, 9.17) is 4.74 Å². The van der Waals surface area contributed by atoms with Crippen LogP contribution in [0.4, 0.5) is 4.39 Å². The van der Waals surface area contributed by atoms with Crippen molar-refractivity contribution >= 4 is 5.91 Å². The molecule has 2 rings (SSSR count). The summed E-state index contributed by atoms with van der Waals surface area (Å²) in [5.74, 6) is -0.511. The maximum atomic E-state index is 13.0. The zero-order valence-corrected chi connectivity index (χ0v) is 11.0. The molecule has 1 saturated heterocycles. The van der Waals surface area contributed by atoms with Gasteiger partial charge in [0.25, 0.3) is 0 Å². The van der Waals surface area contributed by atoms with Gasteiger partial charge >= 0.3 is 0 Å². The molecule has 1 aromatic carbocycles. The van der Waals surface area contributed by atoms with Crippen LogP contribution in [0, 0.1) is 11.7 Å². The number of halogens is 1. The lowest BCUT2D eigenvalue weighted by molar-refractivity contribution is -0.125. The van der Waals surface area contributed by atoms with Gasteiger partial charge in [-0.15, -0.1) is 0 Å². The fourth-order valence-corrected chi connectivity index (χ4v) is 2.24. The molecule has 1 aliphatic heterocycles. The summed E-state index contributed by atoms with van der Waals surface area (Å²) in [6.07, 6.45) is 0. The highest BCUT2D eigenvalue weighted by molar-refractivity contribution is 5.79. The van der Waals surface area contributed by atoms with Gasteiger partial charge in [-0.2, -0.15) is 0 Å². The third kappa shape index (κ3) is 3.75. The maximum absolute atomic E-state index is 13.0. The van der Waals surface area contributed by atoms with Crippen molar-refractivity contribution in [2.75, 3.05) is 19.8 Å². The number of amides is 1. The highest BCUT2D eigenvalue weighted by Gasteiger charge is 2.33. The summed E-state index contributed by atoms with van der Waals surface area (Å²) in [5.41, 5.74) is 0.757. The molecule has 4 nitrogen and oxygen atoms in total. The van der Waals surface area contributed by atoms with Crippen LogP contribution >= 0.6 is 0 Å². The van der Waals surface area contributed by atoms with Crippen molar-refractivity contribution in [1.29, 1.82) is 0 Å². The second-order valence-corrected chi connectivity index (χ2v) is 4.66. The fourth-order valence-electron chi connectivity index (χ4n) is 2.24. The molecule has 0 spiro atoms. The third-order valence-corrected chi connectivity index (χ3v) is 3.24. The highest BCUT2D eigenvalue weighted by atomic mass is 19.1. The number of carbonyl (C=O) groups excluding carboxylic acids is 1. The van der Waals surface area contributed by atoms with Crippen molar-refractivity contribution in [3.8, 4) is 0 Å². The smallest absolute Gasteiger partial charge is 0.227 e. The van der Waals surface area contributed by atoms with Gasteiger partial charge in [0.05, 0.1) is 19.1 Å². The number of nitrogens with one attached hydrogen (secondary N) is 2. The zero-order valence-electron chi connectivity index (χ0n) is 11.0. The molecule has 1 heterocycles. The normalized spacial score (nSPS) is 22.4. The number of hydrogen-bond acceptors (Lipinski definition) is 3. The largest absolute Gasteiger partial charge is 0.379 e. The number of benzene rings is 1.